The Kier molecular flexibility index (Phi) is 2.95. The molecule has 0 saturated heterocycles. The van der Waals surface area contributed by atoms with Gasteiger partial charge in [0.15, 0.2) is 0 Å². The van der Waals surface area contributed by atoms with Gasteiger partial charge in [0, 0.05) is 18.8 Å². The van der Waals surface area contributed by atoms with Crippen molar-refractivity contribution in [2.75, 3.05) is 12.4 Å². The van der Waals surface area contributed by atoms with Gasteiger partial charge >= 0.3 is 6.01 Å². The fourth-order valence-corrected chi connectivity index (χ4v) is 1.46. The third-order valence-electron chi connectivity index (χ3n) is 2.33. The van der Waals surface area contributed by atoms with Crippen LogP contribution in [0.2, 0.25) is 0 Å². The average Bonchev–Trinajstić information content (AvgIpc) is 3.10. The second kappa shape index (κ2) is 4.91. The molecule has 0 fully saturated rings. The van der Waals surface area contributed by atoms with E-state index in [1.165, 1.54) is 17.3 Å². The lowest BCUT2D eigenvalue weighted by atomic mass is 10.5. The predicted molar refractivity (Wildman–Crippen MR) is 67.7 cm³/mol. The second-order valence-corrected chi connectivity index (χ2v) is 3.82. The van der Waals surface area contributed by atoms with Crippen LogP contribution in [0.25, 0.3) is 5.95 Å². The molecule has 0 spiro atoms. The van der Waals surface area contributed by atoms with E-state index in [1.807, 2.05) is 6.92 Å². The summed E-state index contributed by atoms with van der Waals surface area (Å²) in [5, 5.41) is 13.5. The number of H-pyrrole nitrogens is 1. The summed E-state index contributed by atoms with van der Waals surface area (Å²) >= 11 is 0. The number of nitrogens with zero attached hydrogens (tertiary/aromatic N) is 7. The molecule has 0 bridgehead atoms. The van der Waals surface area contributed by atoms with E-state index in [0.717, 1.165) is 5.69 Å². The maximum Gasteiger partial charge on any atom is 0.330 e. The lowest BCUT2D eigenvalue weighted by Gasteiger charge is -2.05. The molecule has 0 aliphatic heterocycles. The Morgan fingerprint density at radius 2 is 2.20 bits per heavy atom. The summed E-state index contributed by atoms with van der Waals surface area (Å²) in [6.45, 7) is 1.87. The first-order valence-corrected chi connectivity index (χ1v) is 5.73. The summed E-state index contributed by atoms with van der Waals surface area (Å²) < 4.78 is 6.88. The van der Waals surface area contributed by atoms with Crippen LogP contribution < -0.4 is 10.1 Å². The van der Waals surface area contributed by atoms with Crippen molar-refractivity contribution in [1.82, 2.24) is 39.9 Å². The van der Waals surface area contributed by atoms with Crippen molar-refractivity contribution in [3.8, 4) is 17.8 Å². The van der Waals surface area contributed by atoms with Crippen LogP contribution >= 0.6 is 0 Å². The van der Waals surface area contributed by atoms with Gasteiger partial charge in [-0.25, -0.2) is 4.98 Å². The molecule has 10 heteroatoms. The topological polar surface area (TPSA) is 119 Å². The van der Waals surface area contributed by atoms with E-state index in [1.54, 1.807) is 13.1 Å². The number of aromatic amines is 1. The zero-order chi connectivity index (χ0) is 13.9. The van der Waals surface area contributed by atoms with Gasteiger partial charge in [-0.2, -0.15) is 24.7 Å². The van der Waals surface area contributed by atoms with Crippen LogP contribution in [-0.2, 0) is 0 Å². The fourth-order valence-electron chi connectivity index (χ4n) is 1.46. The smallest absolute Gasteiger partial charge is 0.330 e. The number of rotatable bonds is 4. The predicted octanol–water partition coefficient (Wildman–Crippen LogP) is 0.318. The van der Waals surface area contributed by atoms with Gasteiger partial charge in [-0.15, -0.1) is 5.10 Å². The highest BCUT2D eigenvalue weighted by Crippen LogP contribution is 2.17. The summed E-state index contributed by atoms with van der Waals surface area (Å²) in [5.74, 6) is 1.03. The van der Waals surface area contributed by atoms with Crippen molar-refractivity contribution in [2.24, 2.45) is 0 Å². The summed E-state index contributed by atoms with van der Waals surface area (Å²) in [4.78, 5) is 16.2. The summed E-state index contributed by atoms with van der Waals surface area (Å²) in [6.07, 6.45) is 2.87. The van der Waals surface area contributed by atoms with Gasteiger partial charge in [0.1, 0.15) is 12.7 Å². The summed E-state index contributed by atoms with van der Waals surface area (Å²) in [5.41, 5.74) is 0.874. The minimum Gasteiger partial charge on any atom is -0.403 e. The third-order valence-corrected chi connectivity index (χ3v) is 2.33. The normalized spacial score (nSPS) is 10.5. The molecule has 0 radical (unpaired) electrons. The number of ether oxygens (including phenoxy) is 1. The molecular formula is C10H11N9O. The fraction of sp³-hybridized carbons (Fsp3) is 0.200. The first kappa shape index (κ1) is 12.0. The van der Waals surface area contributed by atoms with Crippen molar-refractivity contribution < 1.29 is 4.74 Å². The number of aromatic nitrogens is 8. The van der Waals surface area contributed by atoms with Gasteiger partial charge in [-0.1, -0.05) is 0 Å². The molecule has 3 rings (SSSR count). The number of anilines is 1. The van der Waals surface area contributed by atoms with E-state index >= 15 is 0 Å². The lowest BCUT2D eigenvalue weighted by Crippen LogP contribution is -2.08. The van der Waals surface area contributed by atoms with Gasteiger partial charge < -0.3 is 10.1 Å². The van der Waals surface area contributed by atoms with Crippen LogP contribution in [0.4, 0.5) is 5.95 Å². The molecular weight excluding hydrogens is 262 g/mol. The SMILES string of the molecule is CNc1nc(Oc2cc(C)[nH]n2)nc(-n2cncn2)n1. The van der Waals surface area contributed by atoms with E-state index in [0.29, 0.717) is 17.8 Å². The quantitative estimate of drug-likeness (QED) is 0.697. The highest BCUT2D eigenvalue weighted by molar-refractivity contribution is 5.30. The zero-order valence-corrected chi connectivity index (χ0v) is 10.8. The highest BCUT2D eigenvalue weighted by Gasteiger charge is 2.11. The van der Waals surface area contributed by atoms with E-state index in [-0.39, 0.29) is 6.01 Å². The van der Waals surface area contributed by atoms with Gasteiger partial charge in [-0.05, 0) is 6.92 Å². The summed E-state index contributed by atoms with van der Waals surface area (Å²) in [6, 6.07) is 1.85. The van der Waals surface area contributed by atoms with Crippen molar-refractivity contribution in [3.05, 3.63) is 24.4 Å². The first-order valence-electron chi connectivity index (χ1n) is 5.73. The molecule has 0 aliphatic carbocycles. The summed E-state index contributed by atoms with van der Waals surface area (Å²) in [7, 11) is 1.70. The second-order valence-electron chi connectivity index (χ2n) is 3.82. The van der Waals surface area contributed by atoms with Crippen molar-refractivity contribution in [2.45, 2.75) is 6.92 Å². The Morgan fingerprint density at radius 3 is 2.85 bits per heavy atom. The Labute approximate surface area is 113 Å². The molecule has 3 aromatic heterocycles. The van der Waals surface area contributed by atoms with Crippen LogP contribution in [0.3, 0.4) is 0 Å². The van der Waals surface area contributed by atoms with Gasteiger partial charge in [0.05, 0.1) is 0 Å². The average molecular weight is 273 g/mol. The molecule has 102 valence electrons. The lowest BCUT2D eigenvalue weighted by molar-refractivity contribution is 0.421. The monoisotopic (exact) mass is 273 g/mol. The van der Waals surface area contributed by atoms with E-state index in [4.69, 9.17) is 4.74 Å². The molecule has 0 amide bonds. The van der Waals surface area contributed by atoms with Crippen molar-refractivity contribution in [3.63, 3.8) is 0 Å². The minimum absolute atomic E-state index is 0.112. The molecule has 0 atom stereocenters. The number of aryl methyl sites for hydroxylation is 1. The molecule has 0 unspecified atom stereocenters. The van der Waals surface area contributed by atoms with E-state index in [9.17, 15) is 0 Å². The number of hydrogen-bond donors (Lipinski definition) is 2. The van der Waals surface area contributed by atoms with Crippen molar-refractivity contribution >= 4 is 5.95 Å². The Morgan fingerprint density at radius 1 is 1.30 bits per heavy atom. The number of hydrogen-bond acceptors (Lipinski definition) is 8. The molecule has 10 nitrogen and oxygen atoms in total. The number of nitrogens with one attached hydrogen (secondary N) is 2. The van der Waals surface area contributed by atoms with Crippen LogP contribution in [0.5, 0.6) is 11.9 Å². The minimum atomic E-state index is 0.112. The Balaban J connectivity index is 1.96. The van der Waals surface area contributed by atoms with E-state index < -0.39 is 0 Å². The van der Waals surface area contributed by atoms with Crippen LogP contribution in [0.15, 0.2) is 18.7 Å². The van der Waals surface area contributed by atoms with Gasteiger partial charge in [0.25, 0.3) is 5.95 Å². The van der Waals surface area contributed by atoms with Gasteiger partial charge in [-0.3, -0.25) is 5.10 Å². The van der Waals surface area contributed by atoms with E-state index in [2.05, 4.69) is 40.5 Å². The van der Waals surface area contributed by atoms with Crippen LogP contribution in [0.1, 0.15) is 5.69 Å². The molecule has 2 N–H and O–H groups in total. The zero-order valence-electron chi connectivity index (χ0n) is 10.8. The molecule has 3 heterocycles. The Hall–Kier alpha value is -3.04. The molecule has 20 heavy (non-hydrogen) atoms. The van der Waals surface area contributed by atoms with Crippen LogP contribution in [0, 0.1) is 6.92 Å². The standard InChI is InChI=1S/C10H11N9O/c1-6-3-7(18-17-6)20-10-15-8(11-2)14-9(16-10)19-5-12-4-13-19/h3-5H,1-2H3,(H,17,18)(H,11,14,15,16). The highest BCUT2D eigenvalue weighted by atomic mass is 16.5. The Bertz CT molecular complexity index is 705. The molecule has 0 aromatic carbocycles. The largest absolute Gasteiger partial charge is 0.403 e. The third kappa shape index (κ3) is 2.39. The van der Waals surface area contributed by atoms with Crippen molar-refractivity contribution in [1.29, 1.82) is 0 Å². The van der Waals surface area contributed by atoms with Gasteiger partial charge in [0.2, 0.25) is 11.8 Å². The maximum absolute atomic E-state index is 5.47. The van der Waals surface area contributed by atoms with Crippen LogP contribution in [-0.4, -0.2) is 47.0 Å². The molecule has 3 aromatic rings. The molecule has 0 saturated carbocycles. The maximum atomic E-state index is 5.47. The first-order chi connectivity index (χ1) is 9.74. The molecule has 0 aliphatic rings.